The van der Waals surface area contributed by atoms with Crippen molar-refractivity contribution in [2.75, 3.05) is 6.54 Å². The molecule has 0 bridgehead atoms. The summed E-state index contributed by atoms with van der Waals surface area (Å²) in [6, 6.07) is 3.19. The summed E-state index contributed by atoms with van der Waals surface area (Å²) in [5.41, 5.74) is -0.273. The first-order chi connectivity index (χ1) is 9.81. The first-order valence-electron chi connectivity index (χ1n) is 6.43. The maximum atomic E-state index is 12.2. The van der Waals surface area contributed by atoms with Crippen molar-refractivity contribution in [3.8, 4) is 0 Å². The zero-order chi connectivity index (χ0) is 15.6. The fourth-order valence-corrected chi connectivity index (χ4v) is 4.00. The number of nitro benzene ring substituents is 1. The van der Waals surface area contributed by atoms with Crippen molar-refractivity contribution in [2.45, 2.75) is 30.3 Å². The predicted octanol–water partition coefficient (Wildman–Crippen LogP) is 1.69. The van der Waals surface area contributed by atoms with E-state index in [4.69, 9.17) is 11.6 Å². The second kappa shape index (κ2) is 6.27. The van der Waals surface area contributed by atoms with Crippen LogP contribution in [0.2, 0.25) is 5.02 Å². The minimum Gasteiger partial charge on any atom is -0.393 e. The molecule has 0 spiro atoms. The van der Waals surface area contributed by atoms with Gasteiger partial charge in [-0.2, -0.15) is 0 Å². The Kier molecular flexibility index (Phi) is 4.82. The molecular weight excluding hydrogens is 320 g/mol. The molecule has 0 aromatic heterocycles. The summed E-state index contributed by atoms with van der Waals surface area (Å²) in [6.07, 6.45) is 1.80. The molecule has 1 aromatic rings. The number of nitrogens with zero attached hydrogens (tertiary/aromatic N) is 1. The van der Waals surface area contributed by atoms with Gasteiger partial charge in [0.2, 0.25) is 10.0 Å². The number of nitrogens with one attached hydrogen (secondary N) is 1. The van der Waals surface area contributed by atoms with E-state index in [1.54, 1.807) is 0 Å². The van der Waals surface area contributed by atoms with Gasteiger partial charge in [0.15, 0.2) is 0 Å². The quantitative estimate of drug-likeness (QED) is 0.629. The highest BCUT2D eigenvalue weighted by atomic mass is 35.5. The smallest absolute Gasteiger partial charge is 0.271 e. The number of nitro groups is 1. The van der Waals surface area contributed by atoms with Crippen molar-refractivity contribution in [1.82, 2.24) is 4.72 Å². The number of hydrogen-bond donors (Lipinski definition) is 2. The van der Waals surface area contributed by atoms with Crippen LogP contribution in [0.15, 0.2) is 23.1 Å². The minimum atomic E-state index is -3.86. The molecule has 0 amide bonds. The van der Waals surface area contributed by atoms with Crippen molar-refractivity contribution < 1.29 is 18.4 Å². The molecular formula is C12H15ClN2O5S. The summed E-state index contributed by atoms with van der Waals surface area (Å²) in [5, 5.41) is 20.1. The molecule has 1 aliphatic rings. The van der Waals surface area contributed by atoms with Crippen molar-refractivity contribution in [1.29, 1.82) is 0 Å². The van der Waals surface area contributed by atoms with Crippen LogP contribution in [0.3, 0.4) is 0 Å². The highest BCUT2D eigenvalue weighted by molar-refractivity contribution is 7.89. The van der Waals surface area contributed by atoms with Gasteiger partial charge < -0.3 is 5.11 Å². The Balaban J connectivity index is 2.14. The van der Waals surface area contributed by atoms with Gasteiger partial charge in [0.1, 0.15) is 4.90 Å². The summed E-state index contributed by atoms with van der Waals surface area (Å²) in [7, 11) is -3.86. The van der Waals surface area contributed by atoms with Crippen molar-refractivity contribution in [3.63, 3.8) is 0 Å². The molecule has 0 aliphatic heterocycles. The first-order valence-corrected chi connectivity index (χ1v) is 8.29. The highest BCUT2D eigenvalue weighted by Crippen LogP contribution is 2.28. The number of aliphatic hydroxyl groups is 1. The molecule has 2 unspecified atom stereocenters. The van der Waals surface area contributed by atoms with Gasteiger partial charge in [0.05, 0.1) is 16.0 Å². The van der Waals surface area contributed by atoms with E-state index in [2.05, 4.69) is 4.72 Å². The molecule has 21 heavy (non-hydrogen) atoms. The average Bonchev–Trinajstić information content (AvgIpc) is 2.81. The van der Waals surface area contributed by atoms with E-state index in [1.165, 1.54) is 0 Å². The number of sulfonamides is 1. The van der Waals surface area contributed by atoms with E-state index in [1.807, 2.05) is 0 Å². The second-order valence-corrected chi connectivity index (χ2v) is 7.12. The van der Waals surface area contributed by atoms with Gasteiger partial charge in [-0.1, -0.05) is 18.0 Å². The molecule has 2 rings (SSSR count). The molecule has 0 saturated heterocycles. The Hall–Kier alpha value is -1.22. The fourth-order valence-electron chi connectivity index (χ4n) is 2.37. The Labute approximate surface area is 127 Å². The van der Waals surface area contributed by atoms with E-state index in [9.17, 15) is 23.6 Å². The number of hydrogen-bond acceptors (Lipinski definition) is 5. The van der Waals surface area contributed by atoms with Gasteiger partial charge in [-0.25, -0.2) is 13.1 Å². The van der Waals surface area contributed by atoms with Gasteiger partial charge in [-0.3, -0.25) is 10.1 Å². The Morgan fingerprint density at radius 1 is 1.43 bits per heavy atom. The molecule has 2 N–H and O–H groups in total. The van der Waals surface area contributed by atoms with Gasteiger partial charge in [0, 0.05) is 18.7 Å². The van der Waals surface area contributed by atoms with Crippen LogP contribution in [0.4, 0.5) is 5.69 Å². The van der Waals surface area contributed by atoms with Gasteiger partial charge in [0.25, 0.3) is 5.69 Å². The van der Waals surface area contributed by atoms with Crippen molar-refractivity contribution in [3.05, 3.63) is 33.3 Å². The molecule has 116 valence electrons. The fraction of sp³-hybridized carbons (Fsp3) is 0.500. The second-order valence-electron chi connectivity index (χ2n) is 4.98. The number of benzene rings is 1. The zero-order valence-electron chi connectivity index (χ0n) is 11.0. The van der Waals surface area contributed by atoms with Gasteiger partial charge in [-0.15, -0.1) is 0 Å². The van der Waals surface area contributed by atoms with E-state index < -0.39 is 21.1 Å². The maximum Gasteiger partial charge on any atom is 0.271 e. The average molecular weight is 335 g/mol. The zero-order valence-corrected chi connectivity index (χ0v) is 12.6. The van der Waals surface area contributed by atoms with E-state index in [0.717, 1.165) is 31.0 Å². The Morgan fingerprint density at radius 2 is 2.14 bits per heavy atom. The first kappa shape index (κ1) is 16.2. The minimum absolute atomic E-state index is 0.114. The van der Waals surface area contributed by atoms with Crippen molar-refractivity contribution in [2.24, 2.45) is 5.92 Å². The third-order valence-electron chi connectivity index (χ3n) is 3.57. The molecule has 1 saturated carbocycles. The van der Waals surface area contributed by atoms with Crippen LogP contribution in [0.5, 0.6) is 0 Å². The largest absolute Gasteiger partial charge is 0.393 e. The lowest BCUT2D eigenvalue weighted by atomic mass is 10.1. The summed E-state index contributed by atoms with van der Waals surface area (Å²) in [6.45, 7) is 0.122. The van der Waals surface area contributed by atoms with Crippen LogP contribution >= 0.6 is 11.6 Å². The summed E-state index contributed by atoms with van der Waals surface area (Å²) >= 11 is 5.81. The van der Waals surface area contributed by atoms with E-state index in [0.29, 0.717) is 6.42 Å². The molecule has 0 radical (unpaired) electrons. The lowest BCUT2D eigenvalue weighted by Crippen LogP contribution is -2.32. The van der Waals surface area contributed by atoms with Gasteiger partial charge >= 0.3 is 0 Å². The normalized spacial score (nSPS) is 22.4. The molecule has 1 aliphatic carbocycles. The lowest BCUT2D eigenvalue weighted by molar-refractivity contribution is -0.384. The van der Waals surface area contributed by atoms with Crippen molar-refractivity contribution >= 4 is 27.3 Å². The monoisotopic (exact) mass is 334 g/mol. The highest BCUT2D eigenvalue weighted by Gasteiger charge is 2.28. The standard InChI is InChI=1S/C12H15ClN2O5S/c13-10-6-9(15(17)18)4-5-12(10)21(19,20)14-7-8-2-1-3-11(8)16/h4-6,8,11,14,16H,1-3,7H2. The van der Waals surface area contributed by atoms with Gasteiger partial charge in [-0.05, 0) is 24.8 Å². The third kappa shape index (κ3) is 3.70. The summed E-state index contributed by atoms with van der Waals surface area (Å²) in [5.74, 6) is -0.114. The van der Waals surface area contributed by atoms with Crippen LogP contribution in [-0.2, 0) is 10.0 Å². The van der Waals surface area contributed by atoms with E-state index >= 15 is 0 Å². The van der Waals surface area contributed by atoms with Crippen LogP contribution in [0.25, 0.3) is 0 Å². The number of rotatable bonds is 5. The number of non-ortho nitro benzene ring substituents is 1. The van der Waals surface area contributed by atoms with Crippen LogP contribution in [0.1, 0.15) is 19.3 Å². The Morgan fingerprint density at radius 3 is 2.67 bits per heavy atom. The Bertz CT molecular complexity index is 649. The van der Waals surface area contributed by atoms with Crippen LogP contribution in [-0.4, -0.2) is 31.1 Å². The summed E-state index contributed by atoms with van der Waals surface area (Å²) < 4.78 is 26.7. The number of aliphatic hydroxyl groups excluding tert-OH is 1. The third-order valence-corrected chi connectivity index (χ3v) is 5.48. The summed E-state index contributed by atoms with van der Waals surface area (Å²) in [4.78, 5) is 9.75. The molecule has 9 heteroatoms. The van der Waals surface area contributed by atoms with Crippen LogP contribution < -0.4 is 4.72 Å². The topological polar surface area (TPSA) is 110 Å². The van der Waals surface area contributed by atoms with E-state index in [-0.39, 0.29) is 28.1 Å². The molecule has 1 aromatic carbocycles. The molecule has 2 atom stereocenters. The number of halogens is 1. The molecule has 0 heterocycles. The maximum absolute atomic E-state index is 12.2. The SMILES string of the molecule is O=[N+]([O-])c1ccc(S(=O)(=O)NCC2CCCC2O)c(Cl)c1. The molecule has 1 fully saturated rings. The van der Waals surface area contributed by atoms with Crippen LogP contribution in [0, 0.1) is 16.0 Å². The lowest BCUT2D eigenvalue weighted by Gasteiger charge is -2.15. The predicted molar refractivity (Wildman–Crippen MR) is 76.6 cm³/mol. The molecule has 7 nitrogen and oxygen atoms in total.